The van der Waals surface area contributed by atoms with E-state index in [4.69, 9.17) is 0 Å². The van der Waals surface area contributed by atoms with Crippen LogP contribution in [0.25, 0.3) is 0 Å². The maximum absolute atomic E-state index is 15.2. The normalized spacial score (nSPS) is 10.9. The summed E-state index contributed by atoms with van der Waals surface area (Å²) in [6.07, 6.45) is 0. The first-order valence-corrected chi connectivity index (χ1v) is 10.9. The lowest BCUT2D eigenvalue weighted by Crippen LogP contribution is -2.59. The first kappa shape index (κ1) is 25.6. The Balaban J connectivity index is 2.58. The van der Waals surface area contributed by atoms with Gasteiger partial charge in [0.05, 0.1) is 21.3 Å². The maximum Gasteiger partial charge on any atom is 0.412 e. The Hall–Kier alpha value is -3.04. The Bertz CT molecular complexity index is 1130. The van der Waals surface area contributed by atoms with E-state index in [0.29, 0.717) is 0 Å². The second-order valence-corrected chi connectivity index (χ2v) is 9.33. The minimum atomic E-state index is -4.72. The molecule has 3 rings (SSSR count). The Kier molecular flexibility index (Phi) is 7.28. The van der Waals surface area contributed by atoms with E-state index in [-0.39, 0.29) is 18.2 Å². The molecule has 0 bridgehead atoms. The van der Waals surface area contributed by atoms with Gasteiger partial charge in [-0.1, -0.05) is 0 Å². The average Bonchev–Trinajstić information content (AvgIpc) is 2.73. The fourth-order valence-corrected chi connectivity index (χ4v) is 6.64. The van der Waals surface area contributed by atoms with Crippen molar-refractivity contribution in [1.29, 1.82) is 0 Å². The van der Waals surface area contributed by atoms with Gasteiger partial charge < -0.3 is 14.2 Å². The van der Waals surface area contributed by atoms with Crippen molar-refractivity contribution >= 4 is 27.4 Å². The summed E-state index contributed by atoms with van der Waals surface area (Å²) >= 11 is -4.72. The van der Waals surface area contributed by atoms with E-state index in [9.17, 15) is 26.3 Å². The molecule has 0 aromatic heterocycles. The van der Waals surface area contributed by atoms with Crippen LogP contribution in [0.2, 0.25) is 0 Å². The van der Waals surface area contributed by atoms with Crippen molar-refractivity contribution in [3.05, 3.63) is 70.6 Å². The molecule has 13 heteroatoms. The molecule has 0 aliphatic heterocycles. The summed E-state index contributed by atoms with van der Waals surface area (Å²) in [7, 11) is 2.34. The molecule has 0 atom stereocenters. The number of halogens is 9. The lowest BCUT2D eigenvalue weighted by atomic mass is 10.3. The van der Waals surface area contributed by atoms with Crippen molar-refractivity contribution in [2.24, 2.45) is 0 Å². The maximum atomic E-state index is 15.2. The molecule has 3 nitrogen and oxygen atoms in total. The van der Waals surface area contributed by atoms with Crippen LogP contribution < -0.4 is 27.5 Å². The molecule has 0 fully saturated rings. The molecule has 0 N–H and O–H groups in total. The highest BCUT2D eigenvalue weighted by molar-refractivity contribution is 6.96. The summed E-state index contributed by atoms with van der Waals surface area (Å²) in [5.41, 5.74) is 0. The van der Waals surface area contributed by atoms with E-state index < -0.39 is 97.0 Å². The molecule has 34 heavy (non-hydrogen) atoms. The first-order chi connectivity index (χ1) is 16.0. The lowest BCUT2D eigenvalue weighted by molar-refractivity contribution is 0.357. The van der Waals surface area contributed by atoms with Crippen molar-refractivity contribution in [1.82, 2.24) is 0 Å². The zero-order valence-corrected chi connectivity index (χ0v) is 18.6. The Morgan fingerprint density at radius 2 is 0.676 bits per heavy atom. The minimum Gasteiger partial charge on any atom is -0.491 e. The zero-order chi connectivity index (χ0) is 25.5. The van der Waals surface area contributed by atoms with Crippen LogP contribution in [-0.4, -0.2) is 35.5 Å². The smallest absolute Gasteiger partial charge is 0.412 e. The van der Waals surface area contributed by atoms with E-state index in [1.54, 1.807) is 0 Å². The van der Waals surface area contributed by atoms with Gasteiger partial charge in [0.1, 0.15) is 17.5 Å². The SMILES string of the molecule is COc1c(F)cc(F)[c]([Al]([c]2c(F)cc(F)c(OC)c2F)[c]2c(F)cc(F)c(OC)c2F)c1F. The molecular formula is C21H12AlF9O3. The topological polar surface area (TPSA) is 27.7 Å². The van der Waals surface area contributed by atoms with Gasteiger partial charge in [0.25, 0.3) is 0 Å². The molecule has 0 saturated heterocycles. The fourth-order valence-electron chi connectivity index (χ4n) is 3.55. The molecule has 0 spiro atoms. The number of ether oxygens (including phenoxy) is 3. The quantitative estimate of drug-likeness (QED) is 0.376. The second-order valence-electron chi connectivity index (χ2n) is 6.74. The lowest BCUT2D eigenvalue weighted by Gasteiger charge is -2.21. The largest absolute Gasteiger partial charge is 0.491 e. The molecule has 0 heterocycles. The molecular weight excluding hydrogens is 498 g/mol. The number of hydrogen-bond acceptors (Lipinski definition) is 3. The Morgan fingerprint density at radius 1 is 0.441 bits per heavy atom. The standard InChI is InChI=1S/3C7H4F3O.Al/c3*1-11-7-5(9)2-4(8)3-6(7)10;/h3*2H,1H3;. The molecule has 180 valence electrons. The third kappa shape index (κ3) is 4.03. The summed E-state index contributed by atoms with van der Waals surface area (Å²) in [4.78, 5) is 0. The van der Waals surface area contributed by atoms with Crippen LogP contribution >= 0.6 is 0 Å². The summed E-state index contributed by atoms with van der Waals surface area (Å²) in [5.74, 6) is -19.3. The third-order valence-electron chi connectivity index (χ3n) is 4.97. The van der Waals surface area contributed by atoms with Gasteiger partial charge in [-0.15, -0.1) is 0 Å². The van der Waals surface area contributed by atoms with E-state index in [2.05, 4.69) is 14.2 Å². The summed E-state index contributed by atoms with van der Waals surface area (Å²) in [6.45, 7) is 0. The van der Waals surface area contributed by atoms with Crippen molar-refractivity contribution in [2.75, 3.05) is 21.3 Å². The monoisotopic (exact) mass is 510 g/mol. The van der Waals surface area contributed by atoms with Crippen LogP contribution in [0, 0.1) is 52.4 Å². The van der Waals surface area contributed by atoms with Crippen molar-refractivity contribution in [2.45, 2.75) is 0 Å². The molecule has 0 saturated carbocycles. The molecule has 0 unspecified atom stereocenters. The van der Waals surface area contributed by atoms with Crippen molar-refractivity contribution in [3.63, 3.8) is 0 Å². The summed E-state index contributed by atoms with van der Waals surface area (Å²) in [5, 5.41) is 0. The molecule has 0 aliphatic rings. The van der Waals surface area contributed by atoms with Crippen molar-refractivity contribution in [3.8, 4) is 17.2 Å². The second kappa shape index (κ2) is 9.68. The number of methoxy groups -OCH3 is 3. The molecule has 0 amide bonds. The van der Waals surface area contributed by atoms with E-state index >= 15 is 13.2 Å². The van der Waals surface area contributed by atoms with Gasteiger partial charge in [0, 0.05) is 18.2 Å². The highest BCUT2D eigenvalue weighted by atomic mass is 27.2. The number of benzene rings is 3. The van der Waals surface area contributed by atoms with E-state index in [1.807, 2.05) is 0 Å². The molecule has 3 aromatic rings. The van der Waals surface area contributed by atoms with E-state index in [1.165, 1.54) is 0 Å². The summed E-state index contributed by atoms with van der Waals surface area (Å²) < 4.78 is 142. The third-order valence-corrected chi connectivity index (χ3v) is 8.29. The predicted molar refractivity (Wildman–Crippen MR) is 103 cm³/mol. The van der Waals surface area contributed by atoms with Gasteiger partial charge >= 0.3 is 14.1 Å². The average molecular weight is 510 g/mol. The van der Waals surface area contributed by atoms with Crippen LogP contribution in [0.1, 0.15) is 0 Å². The van der Waals surface area contributed by atoms with E-state index in [0.717, 1.165) is 21.3 Å². The predicted octanol–water partition coefficient (Wildman–Crippen LogP) is 3.48. The minimum absolute atomic E-state index is 0.0738. The highest BCUT2D eigenvalue weighted by Gasteiger charge is 2.44. The van der Waals surface area contributed by atoms with Gasteiger partial charge in [-0.3, -0.25) is 0 Å². The van der Waals surface area contributed by atoms with Crippen LogP contribution in [0.15, 0.2) is 18.2 Å². The number of hydrogen-bond donors (Lipinski definition) is 0. The van der Waals surface area contributed by atoms with Gasteiger partial charge in [-0.25, -0.2) is 39.5 Å². The van der Waals surface area contributed by atoms with Gasteiger partial charge in [0.2, 0.25) is 0 Å². The van der Waals surface area contributed by atoms with Gasteiger partial charge in [-0.2, -0.15) is 0 Å². The Labute approximate surface area is 190 Å². The van der Waals surface area contributed by atoms with Crippen LogP contribution in [0.5, 0.6) is 17.2 Å². The summed E-state index contributed by atoms with van der Waals surface area (Å²) in [6, 6.07) is 0.221. The van der Waals surface area contributed by atoms with Crippen LogP contribution in [0.4, 0.5) is 39.5 Å². The molecule has 0 radical (unpaired) electrons. The first-order valence-electron chi connectivity index (χ1n) is 9.14. The van der Waals surface area contributed by atoms with Crippen LogP contribution in [-0.2, 0) is 0 Å². The van der Waals surface area contributed by atoms with Gasteiger partial charge in [0.15, 0.2) is 52.2 Å². The van der Waals surface area contributed by atoms with Gasteiger partial charge in [-0.05, 0) is 13.3 Å². The van der Waals surface area contributed by atoms with Crippen LogP contribution in [0.3, 0.4) is 0 Å². The molecule has 3 aromatic carbocycles. The Morgan fingerprint density at radius 3 is 0.882 bits per heavy atom. The fraction of sp³-hybridized carbons (Fsp3) is 0.143. The number of rotatable bonds is 6. The van der Waals surface area contributed by atoms with Crippen molar-refractivity contribution < 1.29 is 53.7 Å². The highest BCUT2D eigenvalue weighted by Crippen LogP contribution is 2.27. The zero-order valence-electron chi connectivity index (χ0n) is 17.4. The molecule has 0 aliphatic carbocycles.